The fraction of sp³-hybridized carbons (Fsp3) is 0.316. The standard InChI is InChI=1S/C19H21N3O3/c23-11-16(8-15-9-20-12-22-15)21-10-17-18(24)6-14(7-19(17)25)13-4-2-1-3-5-13/h1-5,9-10,12,14,16,23-24H,6-8,11H2,(H,20,22)/t14?,16-/m0/s1. The molecule has 2 atom stereocenters. The average molecular weight is 339 g/mol. The van der Waals surface area contributed by atoms with Crippen molar-refractivity contribution in [3.8, 4) is 0 Å². The van der Waals surface area contributed by atoms with Gasteiger partial charge in [0.25, 0.3) is 0 Å². The van der Waals surface area contributed by atoms with Gasteiger partial charge in [0.15, 0.2) is 5.78 Å². The van der Waals surface area contributed by atoms with Gasteiger partial charge in [0, 0.05) is 37.4 Å². The van der Waals surface area contributed by atoms with Gasteiger partial charge in [0.2, 0.25) is 0 Å². The first-order valence-electron chi connectivity index (χ1n) is 8.29. The lowest BCUT2D eigenvalue weighted by molar-refractivity contribution is -0.116. The number of H-pyrrole nitrogens is 1. The van der Waals surface area contributed by atoms with Crippen LogP contribution in [0.15, 0.2) is 59.2 Å². The van der Waals surface area contributed by atoms with Crippen molar-refractivity contribution in [1.82, 2.24) is 9.97 Å². The van der Waals surface area contributed by atoms with E-state index in [2.05, 4.69) is 15.0 Å². The minimum absolute atomic E-state index is 0.00974. The molecule has 1 aromatic heterocycles. The Hall–Kier alpha value is -2.73. The maximum Gasteiger partial charge on any atom is 0.168 e. The second-order valence-corrected chi connectivity index (χ2v) is 6.19. The molecule has 1 unspecified atom stereocenters. The lowest BCUT2D eigenvalue weighted by atomic mass is 9.83. The zero-order valence-electron chi connectivity index (χ0n) is 13.8. The highest BCUT2D eigenvalue weighted by molar-refractivity contribution is 6.14. The third kappa shape index (κ3) is 4.22. The number of rotatable bonds is 6. The smallest absolute Gasteiger partial charge is 0.168 e. The van der Waals surface area contributed by atoms with Crippen molar-refractivity contribution in [3.05, 3.63) is 65.4 Å². The second-order valence-electron chi connectivity index (χ2n) is 6.19. The Morgan fingerprint density at radius 3 is 2.76 bits per heavy atom. The van der Waals surface area contributed by atoms with E-state index < -0.39 is 0 Å². The number of aromatic amines is 1. The van der Waals surface area contributed by atoms with Gasteiger partial charge in [-0.25, -0.2) is 4.98 Å². The fourth-order valence-corrected chi connectivity index (χ4v) is 3.01. The van der Waals surface area contributed by atoms with Crippen LogP contribution < -0.4 is 0 Å². The molecule has 0 amide bonds. The second kappa shape index (κ2) is 7.90. The Morgan fingerprint density at radius 2 is 2.12 bits per heavy atom. The maximum absolute atomic E-state index is 12.4. The predicted octanol–water partition coefficient (Wildman–Crippen LogP) is 2.34. The zero-order valence-corrected chi connectivity index (χ0v) is 13.8. The molecule has 1 aromatic carbocycles. The molecule has 0 saturated heterocycles. The third-order valence-corrected chi connectivity index (χ3v) is 4.39. The molecule has 0 radical (unpaired) electrons. The van der Waals surface area contributed by atoms with Crippen molar-refractivity contribution in [2.24, 2.45) is 4.99 Å². The van der Waals surface area contributed by atoms with Gasteiger partial charge in [-0.15, -0.1) is 0 Å². The molecule has 6 nitrogen and oxygen atoms in total. The normalized spacial score (nSPS) is 19.6. The van der Waals surface area contributed by atoms with E-state index in [-0.39, 0.29) is 35.7 Å². The van der Waals surface area contributed by atoms with Crippen LogP contribution >= 0.6 is 0 Å². The Morgan fingerprint density at radius 1 is 1.32 bits per heavy atom. The number of Topliss-reactive ketones (excluding diaryl/α,β-unsaturated/α-hetero) is 1. The number of hydrogen-bond donors (Lipinski definition) is 3. The van der Waals surface area contributed by atoms with Gasteiger partial charge < -0.3 is 15.2 Å². The summed E-state index contributed by atoms with van der Waals surface area (Å²) >= 11 is 0. The van der Waals surface area contributed by atoms with Gasteiger partial charge >= 0.3 is 0 Å². The molecule has 6 heteroatoms. The molecular formula is C19H21N3O3. The molecule has 25 heavy (non-hydrogen) atoms. The van der Waals surface area contributed by atoms with Crippen LogP contribution in [0.3, 0.4) is 0 Å². The number of carbonyl (C=O) groups excluding carboxylic acids is 1. The Kier molecular flexibility index (Phi) is 5.40. The number of imidazole rings is 1. The van der Waals surface area contributed by atoms with E-state index in [0.717, 1.165) is 11.3 Å². The summed E-state index contributed by atoms with van der Waals surface area (Å²) < 4.78 is 0. The first-order valence-corrected chi connectivity index (χ1v) is 8.29. The highest BCUT2D eigenvalue weighted by atomic mass is 16.3. The molecule has 0 saturated carbocycles. The van der Waals surface area contributed by atoms with Gasteiger partial charge in [-0.2, -0.15) is 0 Å². The highest BCUT2D eigenvalue weighted by Gasteiger charge is 2.27. The number of benzene rings is 1. The van der Waals surface area contributed by atoms with E-state index in [1.165, 1.54) is 6.21 Å². The van der Waals surface area contributed by atoms with Crippen LogP contribution in [0.5, 0.6) is 0 Å². The number of ketones is 1. The van der Waals surface area contributed by atoms with Gasteiger partial charge in [0.1, 0.15) is 5.76 Å². The van der Waals surface area contributed by atoms with Crippen molar-refractivity contribution >= 4 is 12.0 Å². The summed E-state index contributed by atoms with van der Waals surface area (Å²) in [5, 5.41) is 19.8. The lowest BCUT2D eigenvalue weighted by Gasteiger charge is -2.22. The van der Waals surface area contributed by atoms with Crippen molar-refractivity contribution in [1.29, 1.82) is 0 Å². The number of allylic oxidation sites excluding steroid dienone is 2. The lowest BCUT2D eigenvalue weighted by Crippen LogP contribution is -2.21. The summed E-state index contributed by atoms with van der Waals surface area (Å²) in [6.45, 7) is -0.148. The Balaban J connectivity index is 1.71. The van der Waals surface area contributed by atoms with E-state index in [0.29, 0.717) is 19.3 Å². The van der Waals surface area contributed by atoms with Crippen LogP contribution in [0.2, 0.25) is 0 Å². The molecule has 1 aliphatic rings. The molecule has 1 aliphatic carbocycles. The predicted molar refractivity (Wildman–Crippen MR) is 94.7 cm³/mol. The fourth-order valence-electron chi connectivity index (χ4n) is 3.01. The summed E-state index contributed by atoms with van der Waals surface area (Å²) in [4.78, 5) is 23.6. The number of aliphatic hydroxyl groups is 2. The monoisotopic (exact) mass is 339 g/mol. The number of aromatic nitrogens is 2. The van der Waals surface area contributed by atoms with Crippen molar-refractivity contribution in [2.45, 2.75) is 31.2 Å². The van der Waals surface area contributed by atoms with Crippen LogP contribution in [0, 0.1) is 0 Å². The summed E-state index contributed by atoms with van der Waals surface area (Å²) in [6, 6.07) is 9.34. The molecule has 0 spiro atoms. The molecule has 0 fully saturated rings. The first kappa shape index (κ1) is 17.1. The minimum atomic E-state index is -0.389. The maximum atomic E-state index is 12.4. The Bertz CT molecular complexity index is 766. The van der Waals surface area contributed by atoms with E-state index in [4.69, 9.17) is 0 Å². The number of carbonyl (C=O) groups is 1. The van der Waals surface area contributed by atoms with Crippen molar-refractivity contribution in [3.63, 3.8) is 0 Å². The number of nitrogens with one attached hydrogen (secondary N) is 1. The quantitative estimate of drug-likeness (QED) is 0.704. The largest absolute Gasteiger partial charge is 0.511 e. The Labute approximate surface area is 146 Å². The van der Waals surface area contributed by atoms with Crippen molar-refractivity contribution in [2.75, 3.05) is 6.61 Å². The minimum Gasteiger partial charge on any atom is -0.511 e. The summed E-state index contributed by atoms with van der Waals surface area (Å²) in [5.41, 5.74) is 2.15. The van der Waals surface area contributed by atoms with Gasteiger partial charge in [-0.05, 0) is 11.5 Å². The zero-order chi connectivity index (χ0) is 17.6. The summed E-state index contributed by atoms with van der Waals surface area (Å²) in [7, 11) is 0. The molecular weight excluding hydrogens is 318 g/mol. The van der Waals surface area contributed by atoms with Crippen LogP contribution in [0.1, 0.15) is 30.0 Å². The van der Waals surface area contributed by atoms with Gasteiger partial charge in [-0.1, -0.05) is 30.3 Å². The molecule has 3 rings (SSSR count). The number of nitrogens with zero attached hydrogens (tertiary/aromatic N) is 2. The van der Waals surface area contributed by atoms with Crippen LogP contribution in [0.4, 0.5) is 0 Å². The van der Waals surface area contributed by atoms with Crippen LogP contribution in [0.25, 0.3) is 0 Å². The summed E-state index contributed by atoms with van der Waals surface area (Å²) in [5.74, 6) is -0.0730. The molecule has 0 bridgehead atoms. The number of hydrogen-bond acceptors (Lipinski definition) is 5. The van der Waals surface area contributed by atoms with Gasteiger partial charge in [0.05, 0.1) is 24.5 Å². The molecule has 130 valence electrons. The topological polar surface area (TPSA) is 98.6 Å². The molecule has 2 aromatic rings. The molecule has 1 heterocycles. The van der Waals surface area contributed by atoms with E-state index in [1.807, 2.05) is 30.3 Å². The SMILES string of the molecule is O=C1CC(c2ccccc2)CC(O)=C1C=N[C@H](CO)Cc1cnc[nH]1. The van der Waals surface area contributed by atoms with E-state index in [1.54, 1.807) is 12.5 Å². The van der Waals surface area contributed by atoms with Crippen molar-refractivity contribution < 1.29 is 15.0 Å². The van der Waals surface area contributed by atoms with Crippen LogP contribution in [-0.4, -0.2) is 44.8 Å². The molecule has 0 aliphatic heterocycles. The van der Waals surface area contributed by atoms with E-state index in [9.17, 15) is 15.0 Å². The highest BCUT2D eigenvalue weighted by Crippen LogP contribution is 2.32. The van der Waals surface area contributed by atoms with Gasteiger partial charge in [-0.3, -0.25) is 9.79 Å². The van der Waals surface area contributed by atoms with E-state index >= 15 is 0 Å². The number of aliphatic hydroxyl groups excluding tert-OH is 2. The summed E-state index contributed by atoms with van der Waals surface area (Å²) in [6.07, 6.45) is 5.89. The first-order chi connectivity index (χ1) is 12.2. The third-order valence-electron chi connectivity index (χ3n) is 4.39. The average Bonchev–Trinajstić information content (AvgIpc) is 3.13. The number of aliphatic imine (C=N–C) groups is 1. The molecule has 3 N–H and O–H groups in total. The van der Waals surface area contributed by atoms with Crippen LogP contribution in [-0.2, 0) is 11.2 Å².